The van der Waals surface area contributed by atoms with E-state index in [-0.39, 0.29) is 6.61 Å². The van der Waals surface area contributed by atoms with Crippen molar-refractivity contribution in [1.82, 2.24) is 0 Å². The lowest BCUT2D eigenvalue weighted by atomic mass is 9.92. The first-order valence-corrected chi connectivity index (χ1v) is 22.5. The molecule has 3 saturated heterocycles. The van der Waals surface area contributed by atoms with E-state index in [1.54, 1.807) is 13.8 Å². The van der Waals surface area contributed by atoms with Crippen LogP contribution in [0.1, 0.15) is 107 Å². The molecule has 3 aliphatic heterocycles. The minimum absolute atomic E-state index is 0.0883. The lowest BCUT2D eigenvalue weighted by Gasteiger charge is -2.47. The van der Waals surface area contributed by atoms with Gasteiger partial charge in [0.25, 0.3) is 14.3 Å². The Morgan fingerprint density at radius 3 is 1.78 bits per heavy atom. The van der Waals surface area contributed by atoms with Crippen molar-refractivity contribution < 1.29 is 47.8 Å². The van der Waals surface area contributed by atoms with E-state index in [0.29, 0.717) is 32.7 Å². The summed E-state index contributed by atoms with van der Waals surface area (Å²) in [6.07, 6.45) is 3.20. The van der Waals surface area contributed by atoms with E-state index >= 15 is 0 Å². The number of hydrogen-bond donors (Lipinski definition) is 2. The molecule has 10 nitrogen and oxygen atoms in total. The highest BCUT2D eigenvalue weighted by Gasteiger charge is 2.62. The third-order valence-electron chi connectivity index (χ3n) is 11.4. The van der Waals surface area contributed by atoms with Gasteiger partial charge in [-0.1, -0.05) is 121 Å². The van der Waals surface area contributed by atoms with Gasteiger partial charge in [0.1, 0.15) is 24.4 Å². The molecule has 2 bridgehead atoms. The Kier molecular flexibility index (Phi) is 15.4. The number of benzene rings is 2. The van der Waals surface area contributed by atoms with E-state index in [1.807, 2.05) is 43.3 Å². The monoisotopic (exact) mass is 772 g/mol. The van der Waals surface area contributed by atoms with Crippen LogP contribution in [0.15, 0.2) is 60.7 Å². The minimum atomic E-state index is -3.28. The summed E-state index contributed by atoms with van der Waals surface area (Å²) in [7, 11) is -3.28. The number of fused-ring (bicyclic) bond motifs is 2. The van der Waals surface area contributed by atoms with Crippen LogP contribution in [0.5, 0.6) is 0 Å². The van der Waals surface area contributed by atoms with Crippen molar-refractivity contribution in [1.29, 1.82) is 0 Å². The summed E-state index contributed by atoms with van der Waals surface area (Å²) in [4.78, 5) is 13.0. The van der Waals surface area contributed by atoms with Gasteiger partial charge in [0.05, 0.1) is 24.7 Å². The summed E-state index contributed by atoms with van der Waals surface area (Å²) in [5.74, 6) is -3.21. The van der Waals surface area contributed by atoms with E-state index in [9.17, 15) is 9.90 Å². The molecule has 3 heterocycles. The van der Waals surface area contributed by atoms with Crippen molar-refractivity contribution in [2.75, 3.05) is 26.4 Å². The first-order chi connectivity index (χ1) is 25.8. The average Bonchev–Trinajstić information content (AvgIpc) is 3.30. The molecule has 2 aromatic rings. The smallest absolute Gasteiger partial charge is 0.288 e. The molecule has 3 aliphatic rings. The number of aliphatic hydroxyl groups is 1. The molecule has 9 atom stereocenters. The van der Waals surface area contributed by atoms with Gasteiger partial charge in [-0.3, -0.25) is 4.74 Å². The molecule has 0 aliphatic carbocycles. The van der Waals surface area contributed by atoms with Crippen LogP contribution in [0.3, 0.4) is 0 Å². The van der Waals surface area contributed by atoms with Crippen LogP contribution in [-0.4, -0.2) is 99.3 Å². The molecule has 11 heteroatoms. The molecule has 2 aromatic carbocycles. The van der Waals surface area contributed by atoms with Gasteiger partial charge in [0.2, 0.25) is 0 Å². The van der Waals surface area contributed by atoms with Gasteiger partial charge >= 0.3 is 0 Å². The van der Waals surface area contributed by atoms with Crippen LogP contribution in [0.2, 0.25) is 5.04 Å². The zero-order valence-electron chi connectivity index (χ0n) is 34.0. The van der Waals surface area contributed by atoms with Gasteiger partial charge in [-0.25, -0.2) is 0 Å². The van der Waals surface area contributed by atoms with Crippen molar-refractivity contribution in [3.8, 4) is 0 Å². The molecule has 3 fully saturated rings. The predicted octanol–water partition coefficient (Wildman–Crippen LogP) is 6.43. The Hall–Kier alpha value is -1.74. The maximum absolute atomic E-state index is 13.0. The zero-order chi connectivity index (χ0) is 39.0. The maximum atomic E-state index is 13.0. The highest BCUT2D eigenvalue weighted by Crippen LogP contribution is 2.47. The van der Waals surface area contributed by atoms with Crippen LogP contribution in [0, 0.1) is 5.92 Å². The third kappa shape index (κ3) is 9.85. The van der Waals surface area contributed by atoms with E-state index in [1.165, 1.54) is 0 Å². The van der Waals surface area contributed by atoms with Crippen LogP contribution >= 0.6 is 0 Å². The number of rotatable bonds is 21. The first-order valence-electron chi connectivity index (χ1n) is 20.5. The van der Waals surface area contributed by atoms with Gasteiger partial charge in [-0.15, -0.1) is 0 Å². The fourth-order valence-corrected chi connectivity index (χ4v) is 11.9. The molecule has 0 aromatic heterocycles. The summed E-state index contributed by atoms with van der Waals surface area (Å²) in [6, 6.07) is 20.2. The Morgan fingerprint density at radius 1 is 0.722 bits per heavy atom. The van der Waals surface area contributed by atoms with Crippen LogP contribution < -0.4 is 10.4 Å². The van der Waals surface area contributed by atoms with Gasteiger partial charge < -0.3 is 43.1 Å². The van der Waals surface area contributed by atoms with Gasteiger partial charge in [-0.2, -0.15) is 0 Å². The van der Waals surface area contributed by atoms with Crippen LogP contribution in [-0.2, 0) is 37.9 Å². The van der Waals surface area contributed by atoms with Crippen molar-refractivity contribution in [2.45, 2.75) is 166 Å². The summed E-state index contributed by atoms with van der Waals surface area (Å²) < 4.78 is 51.9. The Bertz CT molecular complexity index is 1360. The SMILES string of the molecule is CCCCOC1[C@@H](OC[C@H]2OC3(O)OC(C)(C)O[C@H]2C3C)OC(CCC(C)(C)[Si](O)(c2ccccc2)c2ccccc2)[C@H](OCCCC)[C@@H]1OCCCC. The van der Waals surface area contributed by atoms with E-state index in [2.05, 4.69) is 58.9 Å². The summed E-state index contributed by atoms with van der Waals surface area (Å²) in [5, 5.41) is 12.7. The van der Waals surface area contributed by atoms with Crippen LogP contribution in [0.25, 0.3) is 0 Å². The highest BCUT2D eigenvalue weighted by atomic mass is 28.4. The normalized spacial score (nSPS) is 31.1. The number of ether oxygens (including phenoxy) is 8. The molecule has 54 heavy (non-hydrogen) atoms. The summed E-state index contributed by atoms with van der Waals surface area (Å²) in [5.41, 5.74) is 0. The standard InChI is InChI=1S/C43H68O10Si/c1-9-12-27-46-37-34(25-26-41(5,6)54(45,32-21-17-15-18-22-32)33-23-19-16-20-24-33)50-40(39(48-29-14-11-3)38(37)47-28-13-10-2)49-30-35-36-31(4)43(44,51-35)53-42(7,8)52-36/h15-24,31,34-40,44-45H,9-14,25-30H2,1-8H3/t31?,34?,35-,36+,37+,38+,39?,40+,43?/m1/s1. The largest absolute Gasteiger partial charge is 0.424 e. The molecule has 0 radical (unpaired) electrons. The number of hydrogen-bond acceptors (Lipinski definition) is 10. The molecular weight excluding hydrogens is 705 g/mol. The number of unbranched alkanes of at least 4 members (excludes halogenated alkanes) is 3. The molecular formula is C43H68O10Si. The third-order valence-corrected chi connectivity index (χ3v) is 16.0. The Morgan fingerprint density at radius 2 is 1.24 bits per heavy atom. The van der Waals surface area contributed by atoms with Gasteiger partial charge in [-0.05, 0) is 61.4 Å². The first kappa shape index (κ1) is 43.4. The molecule has 0 amide bonds. The lowest BCUT2D eigenvalue weighted by molar-refractivity contribution is -0.449. The minimum Gasteiger partial charge on any atom is -0.424 e. The van der Waals surface area contributed by atoms with Gasteiger partial charge in [0.15, 0.2) is 12.1 Å². The fourth-order valence-electron chi connectivity index (χ4n) is 8.13. The second kappa shape index (κ2) is 19.1. The molecule has 5 rings (SSSR count). The van der Waals surface area contributed by atoms with Crippen molar-refractivity contribution in [3.63, 3.8) is 0 Å². The topological polar surface area (TPSA) is 114 Å². The summed E-state index contributed by atoms with van der Waals surface area (Å²) >= 11 is 0. The van der Waals surface area contributed by atoms with E-state index in [4.69, 9.17) is 37.9 Å². The molecule has 0 saturated carbocycles. The predicted molar refractivity (Wildman–Crippen MR) is 211 cm³/mol. The van der Waals surface area contributed by atoms with E-state index in [0.717, 1.165) is 48.9 Å². The molecule has 2 N–H and O–H groups in total. The van der Waals surface area contributed by atoms with Crippen molar-refractivity contribution >= 4 is 18.7 Å². The lowest BCUT2D eigenvalue weighted by Crippen LogP contribution is -2.66. The van der Waals surface area contributed by atoms with Gasteiger partial charge in [0, 0.05) is 19.8 Å². The second-order valence-electron chi connectivity index (χ2n) is 16.5. The summed E-state index contributed by atoms with van der Waals surface area (Å²) in [6.45, 7) is 17.9. The Labute approximate surface area is 325 Å². The van der Waals surface area contributed by atoms with Crippen molar-refractivity contribution in [2.24, 2.45) is 5.92 Å². The average molecular weight is 773 g/mol. The molecule has 0 spiro atoms. The maximum Gasteiger partial charge on any atom is 0.288 e. The van der Waals surface area contributed by atoms with Crippen LogP contribution in [0.4, 0.5) is 0 Å². The van der Waals surface area contributed by atoms with Crippen molar-refractivity contribution in [3.05, 3.63) is 60.7 Å². The Balaban J connectivity index is 1.45. The second-order valence-corrected chi connectivity index (χ2v) is 20.4. The molecule has 4 unspecified atom stereocenters. The van der Waals surface area contributed by atoms with E-state index < -0.39 is 73.9 Å². The quantitative estimate of drug-likeness (QED) is 0.109. The highest BCUT2D eigenvalue weighted by molar-refractivity contribution is 6.98. The molecule has 304 valence electrons. The fraction of sp³-hybridized carbons (Fsp3) is 0.721. The zero-order valence-corrected chi connectivity index (χ0v) is 35.0.